The maximum Gasteiger partial charge on any atom is 0.103 e. The molecule has 1 heterocycles. The molecule has 1 aliphatic rings. The molecule has 0 bridgehead atoms. The van der Waals surface area contributed by atoms with Crippen LogP contribution in [0.2, 0.25) is 0 Å². The van der Waals surface area contributed by atoms with Gasteiger partial charge in [-0.1, -0.05) is 36.9 Å². The lowest BCUT2D eigenvalue weighted by Gasteiger charge is -2.40. The largest absolute Gasteiger partial charge is 1.00 e. The number of hydrogen-bond acceptors (Lipinski definition) is 1. The van der Waals surface area contributed by atoms with Crippen LogP contribution in [0.5, 0.6) is 0 Å². The van der Waals surface area contributed by atoms with Crippen LogP contribution < -0.4 is 17.0 Å². The molecule has 0 aromatic heterocycles. The molecule has 0 N–H and O–H groups in total. The number of rotatable bonds is 5. The second-order valence-electron chi connectivity index (χ2n) is 4.83. The predicted molar refractivity (Wildman–Crippen MR) is 70.9 cm³/mol. The third-order valence-corrected chi connectivity index (χ3v) is 3.65. The number of quaternary nitrogens is 1. The Balaban J connectivity index is 0.00000162. The molecule has 100 valence electrons. The summed E-state index contributed by atoms with van der Waals surface area (Å²) in [5.74, 6) is 0. The molecule has 1 aliphatic heterocycles. The lowest BCUT2D eigenvalue weighted by Crippen LogP contribution is -3.00. The minimum absolute atomic E-state index is 0. The first-order valence-corrected chi connectivity index (χ1v) is 6.42. The average Bonchev–Trinajstić information content (AvgIpc) is 2.39. The molecule has 1 saturated heterocycles. The Morgan fingerprint density at radius 1 is 1.17 bits per heavy atom. The standard InChI is InChI=1S/C15H22NO.BrH/c1-2-9-16(11-13-17-14-12-16)10-8-15-6-4-3-5-7-15;/h2-7H,1,8-14H2;1H/q+1;/p-1. The zero-order valence-electron chi connectivity index (χ0n) is 10.9. The van der Waals surface area contributed by atoms with Crippen LogP contribution in [0.4, 0.5) is 0 Å². The fourth-order valence-corrected chi connectivity index (χ4v) is 2.51. The summed E-state index contributed by atoms with van der Waals surface area (Å²) in [6, 6.07) is 10.7. The van der Waals surface area contributed by atoms with E-state index in [0.717, 1.165) is 43.8 Å². The normalized spacial score (nSPS) is 17.8. The van der Waals surface area contributed by atoms with Crippen LogP contribution in [-0.2, 0) is 11.2 Å². The summed E-state index contributed by atoms with van der Waals surface area (Å²) in [7, 11) is 0. The van der Waals surface area contributed by atoms with Gasteiger partial charge >= 0.3 is 0 Å². The van der Waals surface area contributed by atoms with Crippen LogP contribution in [0.25, 0.3) is 0 Å². The van der Waals surface area contributed by atoms with Crippen molar-refractivity contribution in [3.05, 3.63) is 48.6 Å². The van der Waals surface area contributed by atoms with Gasteiger partial charge in [-0.25, -0.2) is 0 Å². The number of morpholine rings is 1. The van der Waals surface area contributed by atoms with Crippen molar-refractivity contribution in [3.63, 3.8) is 0 Å². The highest BCUT2D eigenvalue weighted by Gasteiger charge is 2.28. The predicted octanol–water partition coefficient (Wildman–Crippen LogP) is -0.734. The zero-order chi connectivity index (χ0) is 12.0. The van der Waals surface area contributed by atoms with Gasteiger partial charge in [0.1, 0.15) is 13.1 Å². The minimum atomic E-state index is 0. The average molecular weight is 312 g/mol. The fraction of sp³-hybridized carbons (Fsp3) is 0.467. The lowest BCUT2D eigenvalue weighted by atomic mass is 10.1. The Bertz CT molecular complexity index is 347. The fourth-order valence-electron chi connectivity index (χ4n) is 2.51. The Labute approximate surface area is 121 Å². The summed E-state index contributed by atoms with van der Waals surface area (Å²) < 4.78 is 6.61. The van der Waals surface area contributed by atoms with E-state index in [4.69, 9.17) is 4.74 Å². The molecule has 2 rings (SSSR count). The van der Waals surface area contributed by atoms with E-state index in [1.165, 1.54) is 12.1 Å². The van der Waals surface area contributed by atoms with Gasteiger partial charge in [-0.05, 0) is 11.6 Å². The van der Waals surface area contributed by atoms with E-state index >= 15 is 0 Å². The van der Waals surface area contributed by atoms with E-state index in [0.29, 0.717) is 0 Å². The molecule has 0 spiro atoms. The molecule has 3 heteroatoms. The first-order chi connectivity index (χ1) is 8.35. The lowest BCUT2D eigenvalue weighted by molar-refractivity contribution is -0.929. The zero-order valence-corrected chi connectivity index (χ0v) is 12.4. The maximum absolute atomic E-state index is 5.47. The summed E-state index contributed by atoms with van der Waals surface area (Å²) in [4.78, 5) is 0. The van der Waals surface area contributed by atoms with Crippen LogP contribution in [0.3, 0.4) is 0 Å². The topological polar surface area (TPSA) is 9.23 Å². The summed E-state index contributed by atoms with van der Waals surface area (Å²) >= 11 is 0. The van der Waals surface area contributed by atoms with Crippen molar-refractivity contribution in [2.24, 2.45) is 0 Å². The molecule has 1 aromatic rings. The summed E-state index contributed by atoms with van der Waals surface area (Å²) in [5, 5.41) is 0. The van der Waals surface area contributed by atoms with Crippen LogP contribution in [0.15, 0.2) is 43.0 Å². The van der Waals surface area contributed by atoms with Crippen molar-refractivity contribution in [2.75, 3.05) is 39.4 Å². The van der Waals surface area contributed by atoms with Crippen LogP contribution in [-0.4, -0.2) is 43.9 Å². The van der Waals surface area contributed by atoms with Crippen molar-refractivity contribution in [1.82, 2.24) is 0 Å². The molecular weight excluding hydrogens is 290 g/mol. The molecule has 2 nitrogen and oxygen atoms in total. The maximum atomic E-state index is 5.47. The molecule has 1 aromatic carbocycles. The van der Waals surface area contributed by atoms with Crippen molar-refractivity contribution in [1.29, 1.82) is 0 Å². The van der Waals surface area contributed by atoms with Gasteiger partial charge in [0, 0.05) is 6.42 Å². The highest BCUT2D eigenvalue weighted by molar-refractivity contribution is 5.14. The molecular formula is C15H22BrNO. The van der Waals surface area contributed by atoms with E-state index in [1.54, 1.807) is 0 Å². The quantitative estimate of drug-likeness (QED) is 0.514. The van der Waals surface area contributed by atoms with Crippen LogP contribution in [0, 0.1) is 0 Å². The second-order valence-corrected chi connectivity index (χ2v) is 4.83. The number of halogens is 1. The summed E-state index contributed by atoms with van der Waals surface area (Å²) in [5.41, 5.74) is 1.43. The number of hydrogen-bond donors (Lipinski definition) is 0. The first-order valence-electron chi connectivity index (χ1n) is 6.42. The molecule has 0 amide bonds. The molecule has 18 heavy (non-hydrogen) atoms. The van der Waals surface area contributed by atoms with Gasteiger partial charge < -0.3 is 26.2 Å². The molecule has 0 saturated carbocycles. The van der Waals surface area contributed by atoms with Crippen molar-refractivity contribution < 1.29 is 26.2 Å². The van der Waals surface area contributed by atoms with Gasteiger partial charge in [0.15, 0.2) is 0 Å². The third-order valence-electron chi connectivity index (χ3n) is 3.65. The van der Waals surface area contributed by atoms with Gasteiger partial charge in [0.05, 0.1) is 26.3 Å². The molecule has 0 unspecified atom stereocenters. The summed E-state index contributed by atoms with van der Waals surface area (Å²) in [6.45, 7) is 10.2. The Kier molecular flexibility index (Phi) is 6.61. The Morgan fingerprint density at radius 2 is 1.83 bits per heavy atom. The highest BCUT2D eigenvalue weighted by atomic mass is 79.9. The van der Waals surface area contributed by atoms with Gasteiger partial charge in [0.2, 0.25) is 0 Å². The van der Waals surface area contributed by atoms with Crippen molar-refractivity contribution >= 4 is 0 Å². The van der Waals surface area contributed by atoms with E-state index in [-0.39, 0.29) is 17.0 Å². The molecule has 0 radical (unpaired) electrons. The monoisotopic (exact) mass is 311 g/mol. The van der Waals surface area contributed by atoms with Gasteiger partial charge in [-0.15, -0.1) is 0 Å². The van der Waals surface area contributed by atoms with Gasteiger partial charge in [-0.2, -0.15) is 0 Å². The van der Waals surface area contributed by atoms with Gasteiger partial charge in [0.25, 0.3) is 0 Å². The van der Waals surface area contributed by atoms with E-state index in [1.807, 2.05) is 0 Å². The van der Waals surface area contributed by atoms with Crippen molar-refractivity contribution in [2.45, 2.75) is 6.42 Å². The smallest absolute Gasteiger partial charge is 0.103 e. The minimum Gasteiger partial charge on any atom is -1.00 e. The van der Waals surface area contributed by atoms with E-state index in [2.05, 4.69) is 43.0 Å². The number of nitrogens with zero attached hydrogens (tertiary/aromatic N) is 1. The Morgan fingerprint density at radius 3 is 2.44 bits per heavy atom. The van der Waals surface area contributed by atoms with Crippen molar-refractivity contribution in [3.8, 4) is 0 Å². The molecule has 1 fully saturated rings. The SMILES string of the molecule is C=CC[N+]1(CCc2ccccc2)CCOCC1.[Br-]. The van der Waals surface area contributed by atoms with Crippen LogP contribution in [0.1, 0.15) is 5.56 Å². The summed E-state index contributed by atoms with van der Waals surface area (Å²) in [6.07, 6.45) is 3.20. The molecule has 0 aliphatic carbocycles. The van der Waals surface area contributed by atoms with Crippen LogP contribution >= 0.6 is 0 Å². The first kappa shape index (κ1) is 15.4. The molecule has 0 atom stereocenters. The second kappa shape index (κ2) is 7.72. The van der Waals surface area contributed by atoms with Gasteiger partial charge in [-0.3, -0.25) is 0 Å². The number of ether oxygens (including phenoxy) is 1. The number of benzene rings is 1. The highest BCUT2D eigenvalue weighted by Crippen LogP contribution is 2.13. The third kappa shape index (κ3) is 4.23. The Hall–Kier alpha value is -0.640. The van der Waals surface area contributed by atoms with E-state index in [9.17, 15) is 0 Å². The van der Waals surface area contributed by atoms with E-state index < -0.39 is 0 Å².